The third-order valence-corrected chi connectivity index (χ3v) is 8.79. The summed E-state index contributed by atoms with van der Waals surface area (Å²) in [6.07, 6.45) is 5.05. The van der Waals surface area contributed by atoms with Crippen molar-refractivity contribution in [2.75, 3.05) is 43.4 Å². The van der Waals surface area contributed by atoms with Crippen LogP contribution in [-0.2, 0) is 11.0 Å². The maximum absolute atomic E-state index is 11.2. The molecule has 3 aromatic rings. The number of fused-ring (bicyclic) bond motifs is 1. The molecule has 2 aromatic heterocycles. The number of nitrogens with two attached hydrogens (primary N) is 1. The van der Waals surface area contributed by atoms with Crippen molar-refractivity contribution >= 4 is 51.2 Å². The molecule has 2 aliphatic heterocycles. The van der Waals surface area contributed by atoms with Gasteiger partial charge in [-0.25, -0.2) is 18.9 Å². The molecule has 0 saturated carbocycles. The van der Waals surface area contributed by atoms with Crippen LogP contribution in [0.3, 0.4) is 0 Å². The lowest BCUT2D eigenvalue weighted by Gasteiger charge is -2.47. The average Bonchev–Trinajstić information content (AvgIpc) is 3.21. The molecule has 0 bridgehead atoms. The summed E-state index contributed by atoms with van der Waals surface area (Å²) < 4.78 is 12.9. The maximum Gasteiger partial charge on any atom is 0.190 e. The van der Waals surface area contributed by atoms with Crippen LogP contribution in [0.15, 0.2) is 24.4 Å². The van der Waals surface area contributed by atoms with Crippen molar-refractivity contribution in [3.8, 4) is 6.07 Å². The van der Waals surface area contributed by atoms with Crippen LogP contribution < -0.4 is 10.0 Å². The molecule has 3 unspecified atom stereocenters. The van der Waals surface area contributed by atoms with Crippen molar-refractivity contribution in [2.24, 2.45) is 17.0 Å². The zero-order chi connectivity index (χ0) is 26.1. The molecule has 0 aliphatic carbocycles. The van der Waals surface area contributed by atoms with Gasteiger partial charge in [-0.05, 0) is 68.8 Å². The van der Waals surface area contributed by atoms with Crippen LogP contribution >= 0.6 is 23.2 Å². The van der Waals surface area contributed by atoms with Gasteiger partial charge in [0.25, 0.3) is 0 Å². The third kappa shape index (κ3) is 5.61. The fourth-order valence-electron chi connectivity index (χ4n) is 5.48. The van der Waals surface area contributed by atoms with Crippen molar-refractivity contribution in [1.29, 1.82) is 5.26 Å². The number of piperidine rings is 1. The number of anilines is 1. The fraction of sp³-hybridized carbons (Fsp3) is 0.520. The summed E-state index contributed by atoms with van der Waals surface area (Å²) in [5, 5.41) is 20.6. The topological polar surface area (TPSA) is 117 Å². The second-order valence-corrected chi connectivity index (χ2v) is 12.0. The van der Waals surface area contributed by atoms with E-state index in [0.717, 1.165) is 50.5 Å². The van der Waals surface area contributed by atoms with Gasteiger partial charge in [0.1, 0.15) is 17.4 Å². The molecule has 4 heterocycles. The fourth-order valence-corrected chi connectivity index (χ4v) is 6.46. The number of hydrogen-bond acceptors (Lipinski definition) is 7. The average molecular weight is 562 g/mol. The van der Waals surface area contributed by atoms with Crippen molar-refractivity contribution in [3.63, 3.8) is 0 Å². The number of benzene rings is 1. The summed E-state index contributed by atoms with van der Waals surface area (Å²) in [5.74, 6) is 2.61. The Morgan fingerprint density at radius 2 is 2.08 bits per heavy atom. The lowest BCUT2D eigenvalue weighted by Crippen LogP contribution is -2.54. The Kier molecular flexibility index (Phi) is 7.98. The molecule has 196 valence electrons. The monoisotopic (exact) mass is 560 g/mol. The van der Waals surface area contributed by atoms with E-state index in [9.17, 15) is 9.47 Å². The number of hydrogen-bond donors (Lipinski definition) is 1. The maximum atomic E-state index is 11.2. The molecule has 0 amide bonds. The van der Waals surface area contributed by atoms with Crippen molar-refractivity contribution in [1.82, 2.24) is 24.6 Å². The van der Waals surface area contributed by atoms with E-state index in [2.05, 4.69) is 26.0 Å². The molecule has 3 atom stereocenters. The molecule has 2 aliphatic rings. The highest BCUT2D eigenvalue weighted by atomic mass is 35.5. The van der Waals surface area contributed by atoms with Crippen LogP contribution in [-0.4, -0.2) is 67.3 Å². The highest BCUT2D eigenvalue weighted by Crippen LogP contribution is 2.35. The first kappa shape index (κ1) is 26.3. The van der Waals surface area contributed by atoms with E-state index in [1.807, 2.05) is 13.0 Å². The minimum atomic E-state index is -1.21. The summed E-state index contributed by atoms with van der Waals surface area (Å²) in [6.45, 7) is 6.98. The minimum absolute atomic E-state index is 0.244. The van der Waals surface area contributed by atoms with Crippen LogP contribution in [0.5, 0.6) is 0 Å². The first-order valence-electron chi connectivity index (χ1n) is 12.5. The molecule has 9 nitrogen and oxygen atoms in total. The van der Waals surface area contributed by atoms with E-state index in [0.29, 0.717) is 38.8 Å². The van der Waals surface area contributed by atoms with Gasteiger partial charge in [-0.2, -0.15) is 10.4 Å². The zero-order valence-electron chi connectivity index (χ0n) is 20.7. The van der Waals surface area contributed by atoms with E-state index in [1.54, 1.807) is 23.0 Å². The Bertz CT molecular complexity index is 1350. The molecular weight excluding hydrogens is 531 g/mol. The van der Waals surface area contributed by atoms with Crippen molar-refractivity contribution in [3.05, 3.63) is 45.7 Å². The van der Waals surface area contributed by atoms with E-state index in [4.69, 9.17) is 33.3 Å². The van der Waals surface area contributed by atoms with Gasteiger partial charge in [0.2, 0.25) is 0 Å². The largest absolute Gasteiger partial charge is 0.355 e. The number of nitrogens with zero attached hydrogens (tertiary/aromatic N) is 7. The molecule has 0 radical (unpaired) electrons. The molecule has 12 heteroatoms. The van der Waals surface area contributed by atoms with Gasteiger partial charge in [0.15, 0.2) is 11.3 Å². The van der Waals surface area contributed by atoms with Gasteiger partial charge in [-0.15, -0.1) is 0 Å². The molecule has 2 fully saturated rings. The number of rotatable bonds is 8. The van der Waals surface area contributed by atoms with Gasteiger partial charge in [-0.3, -0.25) is 5.14 Å². The van der Waals surface area contributed by atoms with E-state index in [1.165, 1.54) is 12.8 Å². The van der Waals surface area contributed by atoms with E-state index >= 15 is 0 Å². The smallest absolute Gasteiger partial charge is 0.190 e. The number of aromatic nitrogens is 4. The van der Waals surface area contributed by atoms with Crippen molar-refractivity contribution < 1.29 is 4.21 Å². The lowest BCUT2D eigenvalue weighted by molar-refractivity contribution is 0.120. The van der Waals surface area contributed by atoms with E-state index < -0.39 is 11.0 Å². The summed E-state index contributed by atoms with van der Waals surface area (Å²) in [4.78, 5) is 14.2. The second kappa shape index (κ2) is 11.2. The SMILES string of the molecule is CC(c1ccc(Cl)cc1Cl)n1nc(C#N)c2ncc(N3CC(C4CCCN(CCCS(N)=O)C4)C3)nc21. The number of likely N-dealkylation sites (tertiary alicyclic amines) is 1. The van der Waals surface area contributed by atoms with Gasteiger partial charge >= 0.3 is 0 Å². The first-order valence-corrected chi connectivity index (χ1v) is 14.7. The lowest BCUT2D eigenvalue weighted by atomic mass is 9.80. The summed E-state index contributed by atoms with van der Waals surface area (Å²) >= 11 is 12.5. The summed E-state index contributed by atoms with van der Waals surface area (Å²) in [6, 6.07) is 7.25. The highest BCUT2D eigenvalue weighted by Gasteiger charge is 2.36. The van der Waals surface area contributed by atoms with Gasteiger partial charge in [0, 0.05) is 35.4 Å². The Morgan fingerprint density at radius 1 is 1.27 bits per heavy atom. The van der Waals surface area contributed by atoms with Gasteiger partial charge in [0.05, 0.1) is 23.2 Å². The normalized spacial score (nSPS) is 20.5. The van der Waals surface area contributed by atoms with Crippen LogP contribution in [0.25, 0.3) is 11.2 Å². The van der Waals surface area contributed by atoms with Crippen LogP contribution in [0.1, 0.15) is 43.5 Å². The predicted molar refractivity (Wildman–Crippen MR) is 147 cm³/mol. The summed E-state index contributed by atoms with van der Waals surface area (Å²) in [7, 11) is -1.21. The molecule has 2 N–H and O–H groups in total. The predicted octanol–water partition coefficient (Wildman–Crippen LogP) is 3.77. The summed E-state index contributed by atoms with van der Waals surface area (Å²) in [5.41, 5.74) is 2.14. The third-order valence-electron chi connectivity index (χ3n) is 7.54. The Labute approximate surface area is 229 Å². The van der Waals surface area contributed by atoms with Crippen LogP contribution in [0, 0.1) is 23.2 Å². The molecular formula is C25H30Cl2N8OS. The molecule has 37 heavy (non-hydrogen) atoms. The first-order chi connectivity index (χ1) is 17.8. The molecule has 5 rings (SSSR count). The Hall–Kier alpha value is -2.29. The highest BCUT2D eigenvalue weighted by molar-refractivity contribution is 7.82. The molecule has 2 saturated heterocycles. The number of nitriles is 1. The van der Waals surface area contributed by atoms with Gasteiger partial charge in [-0.1, -0.05) is 29.3 Å². The standard InChI is InChI=1S/C25H30Cl2N8OS/c1-16(20-6-5-19(26)10-21(20)27)35-25-24(22(11-28)32-35)30-12-23(31-25)34-14-18(15-34)17-4-2-7-33(13-17)8-3-9-37(29)36/h5-6,10,12,16-18H,2-4,7-9,13-15,29H2,1H3. The van der Waals surface area contributed by atoms with Gasteiger partial charge < -0.3 is 9.80 Å². The number of halogens is 2. The van der Waals surface area contributed by atoms with Crippen molar-refractivity contribution in [2.45, 2.75) is 32.2 Å². The van der Waals surface area contributed by atoms with Crippen LogP contribution in [0.4, 0.5) is 5.82 Å². The minimum Gasteiger partial charge on any atom is -0.355 e. The van der Waals surface area contributed by atoms with E-state index in [-0.39, 0.29) is 11.7 Å². The Balaban J connectivity index is 1.30. The molecule has 1 aromatic carbocycles. The zero-order valence-corrected chi connectivity index (χ0v) is 23.0. The van der Waals surface area contributed by atoms with Crippen LogP contribution in [0.2, 0.25) is 10.0 Å². The Morgan fingerprint density at radius 3 is 2.81 bits per heavy atom. The molecule has 0 spiro atoms. The quantitative estimate of drug-likeness (QED) is 0.445. The second-order valence-electron chi connectivity index (χ2n) is 9.95.